The van der Waals surface area contributed by atoms with Gasteiger partial charge in [0, 0.05) is 0 Å². The summed E-state index contributed by atoms with van der Waals surface area (Å²) in [5.41, 5.74) is 11.2. The average molecular weight is 253 g/mol. The number of nitrogens with two attached hydrogens (primary N) is 1. The zero-order chi connectivity index (χ0) is 13.5. The molecule has 0 aromatic heterocycles. The average Bonchev–Trinajstić information content (AvgIpc) is 2.47. The number of unbranched alkanes of at least 4 members (excludes halogenated alkanes) is 1. The first-order valence-corrected chi connectivity index (χ1v) is 7.22. The van der Waals surface area contributed by atoms with Crippen molar-refractivity contribution in [3.8, 4) is 11.1 Å². The van der Waals surface area contributed by atoms with E-state index >= 15 is 0 Å². The van der Waals surface area contributed by atoms with Crippen molar-refractivity contribution in [1.29, 1.82) is 0 Å². The summed E-state index contributed by atoms with van der Waals surface area (Å²) in [7, 11) is 0. The van der Waals surface area contributed by atoms with E-state index in [9.17, 15) is 0 Å². The van der Waals surface area contributed by atoms with Crippen LogP contribution in [0.5, 0.6) is 0 Å². The number of hydrogen-bond acceptors (Lipinski definition) is 1. The van der Waals surface area contributed by atoms with Crippen molar-refractivity contribution in [3.05, 3.63) is 59.7 Å². The molecule has 0 bridgehead atoms. The van der Waals surface area contributed by atoms with Crippen molar-refractivity contribution in [3.63, 3.8) is 0 Å². The number of aryl methyl sites for hydroxylation is 1. The molecule has 0 amide bonds. The largest absolute Gasteiger partial charge is 0.330 e. The van der Waals surface area contributed by atoms with Gasteiger partial charge in [-0.1, -0.05) is 61.9 Å². The fraction of sp³-hybridized carbons (Fsp3) is 0.333. The Kier molecular flexibility index (Phi) is 5.17. The lowest BCUT2D eigenvalue weighted by Gasteiger charge is -2.11. The van der Waals surface area contributed by atoms with Crippen LogP contribution < -0.4 is 5.73 Å². The van der Waals surface area contributed by atoms with E-state index in [1.54, 1.807) is 0 Å². The van der Waals surface area contributed by atoms with Crippen molar-refractivity contribution in [2.45, 2.75) is 32.6 Å². The summed E-state index contributed by atoms with van der Waals surface area (Å²) in [5.74, 6) is 0. The minimum absolute atomic E-state index is 0.726. The Morgan fingerprint density at radius 3 is 2.32 bits per heavy atom. The minimum Gasteiger partial charge on any atom is -0.330 e. The molecule has 1 nitrogen and oxygen atoms in total. The maximum Gasteiger partial charge on any atom is -0.00366 e. The molecule has 1 heteroatoms. The van der Waals surface area contributed by atoms with Crippen molar-refractivity contribution in [2.75, 3.05) is 6.54 Å². The van der Waals surface area contributed by atoms with Crippen LogP contribution in [-0.4, -0.2) is 6.54 Å². The summed E-state index contributed by atoms with van der Waals surface area (Å²) in [5, 5.41) is 0. The van der Waals surface area contributed by atoms with Crippen LogP contribution in [0.25, 0.3) is 11.1 Å². The maximum absolute atomic E-state index is 5.71. The summed E-state index contributed by atoms with van der Waals surface area (Å²) in [6.45, 7) is 2.97. The summed E-state index contributed by atoms with van der Waals surface area (Å²) < 4.78 is 0. The van der Waals surface area contributed by atoms with E-state index in [-0.39, 0.29) is 0 Å². The van der Waals surface area contributed by atoms with Gasteiger partial charge in [-0.05, 0) is 48.1 Å². The van der Waals surface area contributed by atoms with Gasteiger partial charge in [0.05, 0.1) is 0 Å². The molecule has 0 saturated heterocycles. The Bertz CT molecular complexity index is 502. The molecule has 100 valence electrons. The van der Waals surface area contributed by atoms with E-state index in [0.29, 0.717) is 0 Å². The highest BCUT2D eigenvalue weighted by Crippen LogP contribution is 2.23. The first-order valence-electron chi connectivity index (χ1n) is 7.22. The second-order valence-corrected chi connectivity index (χ2v) is 4.99. The van der Waals surface area contributed by atoms with Crippen molar-refractivity contribution < 1.29 is 0 Å². The predicted molar refractivity (Wildman–Crippen MR) is 83.2 cm³/mol. The maximum atomic E-state index is 5.71. The second-order valence-electron chi connectivity index (χ2n) is 4.99. The van der Waals surface area contributed by atoms with Crippen LogP contribution in [0.1, 0.15) is 30.9 Å². The zero-order valence-corrected chi connectivity index (χ0v) is 11.7. The molecule has 0 radical (unpaired) electrons. The molecule has 0 atom stereocenters. The van der Waals surface area contributed by atoms with E-state index in [0.717, 1.165) is 19.4 Å². The van der Waals surface area contributed by atoms with Crippen LogP contribution >= 0.6 is 0 Å². The molecule has 0 saturated carbocycles. The molecule has 2 N–H and O–H groups in total. The van der Waals surface area contributed by atoms with Gasteiger partial charge >= 0.3 is 0 Å². The van der Waals surface area contributed by atoms with E-state index in [4.69, 9.17) is 5.73 Å². The fourth-order valence-electron chi connectivity index (χ4n) is 2.44. The first-order chi connectivity index (χ1) is 9.35. The van der Waals surface area contributed by atoms with Gasteiger partial charge in [-0.3, -0.25) is 0 Å². The van der Waals surface area contributed by atoms with Gasteiger partial charge in [0.25, 0.3) is 0 Å². The molecule has 0 aliphatic rings. The Morgan fingerprint density at radius 2 is 1.63 bits per heavy atom. The van der Waals surface area contributed by atoms with Crippen LogP contribution in [-0.2, 0) is 12.8 Å². The van der Waals surface area contributed by atoms with Gasteiger partial charge in [0.1, 0.15) is 0 Å². The minimum atomic E-state index is 0.726. The molecule has 0 heterocycles. The summed E-state index contributed by atoms with van der Waals surface area (Å²) in [4.78, 5) is 0. The molecule has 2 rings (SSSR count). The Morgan fingerprint density at radius 1 is 0.842 bits per heavy atom. The second kappa shape index (κ2) is 7.10. The molecular formula is C18H23N. The Labute approximate surface area is 116 Å². The van der Waals surface area contributed by atoms with Gasteiger partial charge in [0.15, 0.2) is 0 Å². The van der Waals surface area contributed by atoms with Gasteiger partial charge in [-0.15, -0.1) is 0 Å². The zero-order valence-electron chi connectivity index (χ0n) is 11.7. The van der Waals surface area contributed by atoms with E-state index in [2.05, 4.69) is 55.5 Å². The molecule has 0 fully saturated rings. The van der Waals surface area contributed by atoms with Crippen LogP contribution in [0.4, 0.5) is 0 Å². The highest BCUT2D eigenvalue weighted by molar-refractivity contribution is 5.64. The third-order valence-corrected chi connectivity index (χ3v) is 3.53. The number of hydrogen-bond donors (Lipinski definition) is 1. The van der Waals surface area contributed by atoms with Gasteiger partial charge in [-0.2, -0.15) is 0 Å². The van der Waals surface area contributed by atoms with Gasteiger partial charge in [0.2, 0.25) is 0 Å². The SMILES string of the molecule is CCCCc1cc(-c2ccccc2)ccc1CCN. The van der Waals surface area contributed by atoms with Crippen molar-refractivity contribution >= 4 is 0 Å². The monoisotopic (exact) mass is 253 g/mol. The standard InChI is InChI=1S/C18H23N/c1-2-3-7-17-14-18(11-10-16(17)12-13-19)15-8-5-4-6-9-15/h4-6,8-11,14H,2-3,7,12-13,19H2,1H3. The number of rotatable bonds is 6. The van der Waals surface area contributed by atoms with Gasteiger partial charge < -0.3 is 5.73 Å². The summed E-state index contributed by atoms with van der Waals surface area (Å²) in [6, 6.07) is 17.4. The topological polar surface area (TPSA) is 26.0 Å². The highest BCUT2D eigenvalue weighted by Gasteiger charge is 2.05. The van der Waals surface area contributed by atoms with Crippen molar-refractivity contribution in [1.82, 2.24) is 0 Å². The molecule has 0 aliphatic heterocycles. The van der Waals surface area contributed by atoms with Crippen LogP contribution in [0.2, 0.25) is 0 Å². The van der Waals surface area contributed by atoms with Gasteiger partial charge in [-0.25, -0.2) is 0 Å². The molecule has 0 aliphatic carbocycles. The smallest absolute Gasteiger partial charge is 0.00366 e. The van der Waals surface area contributed by atoms with E-state index in [1.807, 2.05) is 0 Å². The third kappa shape index (κ3) is 3.68. The Balaban J connectivity index is 2.31. The lowest BCUT2D eigenvalue weighted by molar-refractivity contribution is 0.784. The molecule has 2 aromatic rings. The fourth-order valence-corrected chi connectivity index (χ4v) is 2.44. The Hall–Kier alpha value is -1.60. The van der Waals surface area contributed by atoms with Crippen LogP contribution in [0, 0.1) is 0 Å². The summed E-state index contributed by atoms with van der Waals surface area (Å²) >= 11 is 0. The number of benzene rings is 2. The molecule has 0 unspecified atom stereocenters. The lowest BCUT2D eigenvalue weighted by atomic mass is 9.94. The predicted octanol–water partition coefficient (Wildman–Crippen LogP) is 4.20. The molecular weight excluding hydrogens is 230 g/mol. The molecule has 2 aromatic carbocycles. The molecule has 0 spiro atoms. The van der Waals surface area contributed by atoms with E-state index < -0.39 is 0 Å². The first kappa shape index (κ1) is 13.8. The highest BCUT2D eigenvalue weighted by atomic mass is 14.5. The lowest BCUT2D eigenvalue weighted by Crippen LogP contribution is -2.05. The van der Waals surface area contributed by atoms with Crippen LogP contribution in [0.3, 0.4) is 0 Å². The quantitative estimate of drug-likeness (QED) is 0.820. The normalized spacial score (nSPS) is 10.6. The van der Waals surface area contributed by atoms with E-state index in [1.165, 1.54) is 35.1 Å². The molecule has 19 heavy (non-hydrogen) atoms. The third-order valence-electron chi connectivity index (χ3n) is 3.53. The van der Waals surface area contributed by atoms with Crippen molar-refractivity contribution in [2.24, 2.45) is 5.73 Å². The summed E-state index contributed by atoms with van der Waals surface area (Å²) in [6.07, 6.45) is 4.62. The van der Waals surface area contributed by atoms with Crippen LogP contribution in [0.15, 0.2) is 48.5 Å².